The number of pyridine rings is 1. The number of nitrogen functional groups attached to an aromatic ring is 2. The van der Waals surface area contributed by atoms with Gasteiger partial charge in [-0.05, 0) is 11.6 Å². The van der Waals surface area contributed by atoms with Crippen molar-refractivity contribution in [3.8, 4) is 0 Å². The average molecular weight is 208 g/mol. The summed E-state index contributed by atoms with van der Waals surface area (Å²) in [6.07, 6.45) is -2.68. The molecular formula is C7H8ClF2N3. The van der Waals surface area contributed by atoms with Crippen LogP contribution in [0, 0.1) is 0 Å². The quantitative estimate of drug-likeness (QED) is 0.729. The van der Waals surface area contributed by atoms with Gasteiger partial charge in [-0.3, -0.25) is 0 Å². The second-order valence-electron chi connectivity index (χ2n) is 2.44. The Morgan fingerprint density at radius 1 is 1.46 bits per heavy atom. The molecule has 0 aliphatic heterocycles. The molecule has 1 heterocycles. The van der Waals surface area contributed by atoms with Crippen molar-refractivity contribution >= 4 is 23.2 Å². The van der Waals surface area contributed by atoms with E-state index in [2.05, 4.69) is 4.98 Å². The van der Waals surface area contributed by atoms with Gasteiger partial charge in [0.05, 0.1) is 5.56 Å². The fraction of sp³-hybridized carbons (Fsp3) is 0.286. The van der Waals surface area contributed by atoms with Gasteiger partial charge in [0.1, 0.15) is 11.6 Å². The summed E-state index contributed by atoms with van der Waals surface area (Å²) in [5.74, 6) is -0.223. The monoisotopic (exact) mass is 207 g/mol. The van der Waals surface area contributed by atoms with Crippen molar-refractivity contribution in [2.45, 2.75) is 12.3 Å². The Bertz CT molecular complexity index is 317. The first-order valence-electron chi connectivity index (χ1n) is 3.45. The third-order valence-electron chi connectivity index (χ3n) is 1.56. The molecule has 6 heteroatoms. The van der Waals surface area contributed by atoms with Gasteiger partial charge in [-0.25, -0.2) is 13.8 Å². The third kappa shape index (κ3) is 1.98. The largest absolute Gasteiger partial charge is 0.384 e. The number of halogens is 3. The lowest BCUT2D eigenvalue weighted by molar-refractivity contribution is 0.151. The Kier molecular flexibility index (Phi) is 2.87. The van der Waals surface area contributed by atoms with E-state index in [1.165, 1.54) is 6.07 Å². The molecule has 1 aromatic heterocycles. The van der Waals surface area contributed by atoms with Crippen LogP contribution in [-0.4, -0.2) is 4.98 Å². The van der Waals surface area contributed by atoms with Gasteiger partial charge in [0.25, 0.3) is 6.43 Å². The smallest absolute Gasteiger partial charge is 0.267 e. The van der Waals surface area contributed by atoms with Gasteiger partial charge in [0, 0.05) is 5.88 Å². The first-order valence-corrected chi connectivity index (χ1v) is 3.98. The zero-order valence-electron chi connectivity index (χ0n) is 6.60. The van der Waals surface area contributed by atoms with Crippen molar-refractivity contribution in [2.75, 3.05) is 11.5 Å². The normalized spacial score (nSPS) is 10.8. The molecule has 13 heavy (non-hydrogen) atoms. The molecule has 0 fully saturated rings. The lowest BCUT2D eigenvalue weighted by atomic mass is 10.1. The van der Waals surface area contributed by atoms with Crippen LogP contribution in [0.3, 0.4) is 0 Å². The van der Waals surface area contributed by atoms with Crippen molar-refractivity contribution in [1.29, 1.82) is 0 Å². The molecule has 72 valence electrons. The molecule has 0 aromatic carbocycles. The first kappa shape index (κ1) is 9.98. The predicted octanol–water partition coefficient (Wildman–Crippen LogP) is 1.92. The number of rotatable bonds is 2. The molecular weight excluding hydrogens is 200 g/mol. The molecule has 1 aromatic rings. The first-order chi connectivity index (χ1) is 6.06. The molecule has 0 saturated carbocycles. The highest BCUT2D eigenvalue weighted by Gasteiger charge is 2.17. The second kappa shape index (κ2) is 3.74. The zero-order chi connectivity index (χ0) is 10.0. The number of nitrogens with two attached hydrogens (primary N) is 2. The van der Waals surface area contributed by atoms with Crippen LogP contribution in [0.25, 0.3) is 0 Å². The van der Waals surface area contributed by atoms with E-state index in [1.807, 2.05) is 0 Å². The second-order valence-corrected chi connectivity index (χ2v) is 2.71. The molecule has 4 N–H and O–H groups in total. The maximum atomic E-state index is 12.4. The van der Waals surface area contributed by atoms with Crippen LogP contribution in [0.1, 0.15) is 17.6 Å². The number of aromatic nitrogens is 1. The van der Waals surface area contributed by atoms with Crippen LogP contribution >= 0.6 is 11.6 Å². The molecule has 0 amide bonds. The van der Waals surface area contributed by atoms with Crippen LogP contribution in [0.4, 0.5) is 20.4 Å². The Balaban J connectivity index is 3.30. The summed E-state index contributed by atoms with van der Waals surface area (Å²) in [5, 5.41) is 0. The third-order valence-corrected chi connectivity index (χ3v) is 1.84. The minimum absolute atomic E-state index is 0.0589. The highest BCUT2D eigenvalue weighted by Crippen LogP contribution is 2.29. The fourth-order valence-corrected chi connectivity index (χ4v) is 1.24. The van der Waals surface area contributed by atoms with Crippen LogP contribution in [0.15, 0.2) is 6.07 Å². The van der Waals surface area contributed by atoms with Crippen molar-refractivity contribution < 1.29 is 8.78 Å². The maximum Gasteiger partial charge on any atom is 0.267 e. The van der Waals surface area contributed by atoms with E-state index < -0.39 is 6.43 Å². The summed E-state index contributed by atoms with van der Waals surface area (Å²) in [7, 11) is 0. The summed E-state index contributed by atoms with van der Waals surface area (Å²) < 4.78 is 24.8. The number of nitrogens with zero attached hydrogens (tertiary/aromatic N) is 1. The minimum atomic E-state index is -2.68. The predicted molar refractivity (Wildman–Crippen MR) is 47.6 cm³/mol. The van der Waals surface area contributed by atoms with Crippen molar-refractivity contribution in [3.63, 3.8) is 0 Å². The molecule has 0 spiro atoms. The van der Waals surface area contributed by atoms with Crippen molar-refractivity contribution in [3.05, 3.63) is 17.2 Å². The van der Waals surface area contributed by atoms with E-state index in [1.54, 1.807) is 0 Å². The van der Waals surface area contributed by atoms with E-state index >= 15 is 0 Å². The minimum Gasteiger partial charge on any atom is -0.384 e. The topological polar surface area (TPSA) is 64.9 Å². The molecule has 0 atom stereocenters. The van der Waals surface area contributed by atoms with Crippen molar-refractivity contribution in [1.82, 2.24) is 4.98 Å². The van der Waals surface area contributed by atoms with Crippen LogP contribution in [-0.2, 0) is 5.88 Å². The summed E-state index contributed by atoms with van der Waals surface area (Å²) >= 11 is 5.45. The average Bonchev–Trinajstić information content (AvgIpc) is 2.01. The van der Waals surface area contributed by atoms with Gasteiger partial charge < -0.3 is 11.5 Å². The molecule has 0 saturated heterocycles. The zero-order valence-corrected chi connectivity index (χ0v) is 7.35. The number of hydrogen-bond donors (Lipinski definition) is 2. The van der Waals surface area contributed by atoms with E-state index in [-0.39, 0.29) is 28.6 Å². The molecule has 0 aliphatic rings. The Morgan fingerprint density at radius 2 is 2.08 bits per heavy atom. The maximum absolute atomic E-state index is 12.4. The Hall–Kier alpha value is -1.10. The van der Waals surface area contributed by atoms with Gasteiger partial charge in [0.2, 0.25) is 0 Å². The lowest BCUT2D eigenvalue weighted by Crippen LogP contribution is -2.05. The molecule has 3 nitrogen and oxygen atoms in total. The van der Waals surface area contributed by atoms with Gasteiger partial charge in [-0.1, -0.05) is 0 Å². The molecule has 0 aliphatic carbocycles. The van der Waals surface area contributed by atoms with E-state index in [0.29, 0.717) is 0 Å². The molecule has 0 radical (unpaired) electrons. The van der Waals surface area contributed by atoms with E-state index in [4.69, 9.17) is 23.1 Å². The number of hydrogen-bond acceptors (Lipinski definition) is 3. The van der Waals surface area contributed by atoms with Gasteiger partial charge in [-0.15, -0.1) is 11.6 Å². The van der Waals surface area contributed by atoms with Crippen molar-refractivity contribution in [2.24, 2.45) is 0 Å². The summed E-state index contributed by atoms with van der Waals surface area (Å²) in [5.41, 5.74) is 10.5. The van der Waals surface area contributed by atoms with Crippen LogP contribution < -0.4 is 11.5 Å². The van der Waals surface area contributed by atoms with E-state index in [0.717, 1.165) is 0 Å². The van der Waals surface area contributed by atoms with Crippen LogP contribution in [0.5, 0.6) is 0 Å². The molecule has 1 rings (SSSR count). The highest BCUT2D eigenvalue weighted by molar-refractivity contribution is 6.17. The van der Waals surface area contributed by atoms with Gasteiger partial charge >= 0.3 is 0 Å². The number of anilines is 2. The molecule has 0 unspecified atom stereocenters. The van der Waals surface area contributed by atoms with Gasteiger partial charge in [0.15, 0.2) is 0 Å². The molecule has 0 bridgehead atoms. The summed E-state index contributed by atoms with van der Waals surface area (Å²) in [4.78, 5) is 3.52. The SMILES string of the molecule is Nc1cc(CCl)c(C(F)F)c(N)n1. The standard InChI is InChI=1S/C7H8ClF2N3/c8-2-3-1-4(11)13-7(12)5(3)6(9)10/h1,6H,2H2,(H4,11,12,13). The Morgan fingerprint density at radius 3 is 2.54 bits per heavy atom. The fourth-order valence-electron chi connectivity index (χ4n) is 1.01. The van der Waals surface area contributed by atoms with Gasteiger partial charge in [-0.2, -0.15) is 0 Å². The Labute approximate surface area is 78.7 Å². The van der Waals surface area contributed by atoms with Crippen LogP contribution in [0.2, 0.25) is 0 Å². The summed E-state index contributed by atoms with van der Waals surface area (Å²) in [6, 6.07) is 1.30. The highest BCUT2D eigenvalue weighted by atomic mass is 35.5. The van der Waals surface area contributed by atoms with E-state index in [9.17, 15) is 8.78 Å². The number of alkyl halides is 3. The lowest BCUT2D eigenvalue weighted by Gasteiger charge is -2.09. The summed E-state index contributed by atoms with van der Waals surface area (Å²) in [6.45, 7) is 0.